The Labute approximate surface area is 89.5 Å². The first-order valence-electron chi connectivity index (χ1n) is 4.25. The molecule has 0 aromatic carbocycles. The molecule has 0 aliphatic carbocycles. The maximum atomic E-state index is 12.5. The number of aromatic nitrogens is 1. The Morgan fingerprint density at radius 1 is 1.53 bits per heavy atom. The van der Waals surface area contributed by atoms with E-state index in [1.54, 1.807) is 6.92 Å². The maximum Gasteiger partial charge on any atom is 0.419 e. The molecule has 1 N–H and O–H groups in total. The van der Waals surface area contributed by atoms with E-state index < -0.39 is 11.7 Å². The van der Waals surface area contributed by atoms with Gasteiger partial charge in [-0.15, -0.1) is 11.8 Å². The third-order valence-electron chi connectivity index (χ3n) is 1.65. The Morgan fingerprint density at radius 3 is 2.73 bits per heavy atom. The molecule has 1 rings (SSSR count). The molecule has 0 aliphatic heterocycles. The number of alkyl halides is 3. The molecule has 1 aromatic heterocycles. The van der Waals surface area contributed by atoms with E-state index in [0.717, 1.165) is 17.8 Å². The number of rotatable bonds is 3. The van der Waals surface area contributed by atoms with E-state index in [1.807, 2.05) is 0 Å². The van der Waals surface area contributed by atoms with Crippen LogP contribution in [0.5, 0.6) is 0 Å². The fourth-order valence-electron chi connectivity index (χ4n) is 0.928. The van der Waals surface area contributed by atoms with Crippen LogP contribution in [0.25, 0.3) is 0 Å². The molecule has 0 fully saturated rings. The molecule has 1 atom stereocenters. The fourth-order valence-corrected chi connectivity index (χ4v) is 1.82. The minimum atomic E-state index is -4.40. The van der Waals surface area contributed by atoms with Crippen molar-refractivity contribution in [2.75, 3.05) is 6.61 Å². The summed E-state index contributed by atoms with van der Waals surface area (Å²) < 4.78 is 37.5. The smallest absolute Gasteiger partial charge is 0.395 e. The topological polar surface area (TPSA) is 33.1 Å². The second-order valence-electron chi connectivity index (χ2n) is 2.96. The van der Waals surface area contributed by atoms with Gasteiger partial charge in [-0.3, -0.25) is 0 Å². The zero-order chi connectivity index (χ0) is 11.5. The van der Waals surface area contributed by atoms with Gasteiger partial charge in [0.25, 0.3) is 0 Å². The van der Waals surface area contributed by atoms with E-state index in [-0.39, 0.29) is 16.9 Å². The fraction of sp³-hybridized carbons (Fsp3) is 0.444. The molecular weight excluding hydrogens is 227 g/mol. The molecule has 0 saturated carbocycles. The minimum Gasteiger partial charge on any atom is -0.395 e. The number of halogens is 3. The summed E-state index contributed by atoms with van der Waals surface area (Å²) in [6.07, 6.45) is -3.09. The number of pyridine rings is 1. The highest BCUT2D eigenvalue weighted by Crippen LogP contribution is 2.36. The van der Waals surface area contributed by atoms with Crippen LogP contribution >= 0.6 is 11.8 Å². The van der Waals surface area contributed by atoms with Crippen molar-refractivity contribution in [1.82, 2.24) is 4.98 Å². The zero-order valence-electron chi connectivity index (χ0n) is 7.95. The predicted octanol–water partition coefficient (Wildman–Crippen LogP) is 2.57. The number of hydrogen-bond acceptors (Lipinski definition) is 3. The molecule has 1 heterocycles. The van der Waals surface area contributed by atoms with Crippen LogP contribution < -0.4 is 0 Å². The van der Waals surface area contributed by atoms with Crippen molar-refractivity contribution in [3.05, 3.63) is 23.9 Å². The summed E-state index contributed by atoms with van der Waals surface area (Å²) in [5.41, 5.74) is -0.754. The summed E-state index contributed by atoms with van der Waals surface area (Å²) in [4.78, 5) is 3.66. The molecule has 2 nitrogen and oxygen atoms in total. The summed E-state index contributed by atoms with van der Waals surface area (Å²) in [6.45, 7) is 1.46. The van der Waals surface area contributed by atoms with E-state index in [2.05, 4.69) is 4.98 Å². The quantitative estimate of drug-likeness (QED) is 0.820. The van der Waals surface area contributed by atoms with E-state index in [9.17, 15) is 13.2 Å². The SMILES string of the molecule is CC(CO)Sc1ncccc1C(F)(F)F. The number of aliphatic hydroxyl groups is 1. The minimum absolute atomic E-state index is 0.0912. The van der Waals surface area contributed by atoms with Crippen LogP contribution in [-0.2, 0) is 6.18 Å². The summed E-state index contributed by atoms with van der Waals surface area (Å²) in [7, 11) is 0. The highest BCUT2D eigenvalue weighted by atomic mass is 32.2. The number of thioether (sulfide) groups is 1. The molecule has 0 amide bonds. The van der Waals surface area contributed by atoms with Crippen LogP contribution in [0.4, 0.5) is 13.2 Å². The van der Waals surface area contributed by atoms with Crippen molar-refractivity contribution >= 4 is 11.8 Å². The maximum absolute atomic E-state index is 12.5. The highest BCUT2D eigenvalue weighted by Gasteiger charge is 2.34. The average Bonchev–Trinajstić information content (AvgIpc) is 2.17. The molecule has 0 aliphatic rings. The Kier molecular flexibility index (Phi) is 3.98. The molecule has 1 unspecified atom stereocenters. The van der Waals surface area contributed by atoms with Gasteiger partial charge in [0.15, 0.2) is 0 Å². The van der Waals surface area contributed by atoms with Gasteiger partial charge in [-0.1, -0.05) is 6.92 Å². The first kappa shape index (κ1) is 12.3. The Bertz CT molecular complexity index is 329. The van der Waals surface area contributed by atoms with Crippen LogP contribution in [0.3, 0.4) is 0 Å². The van der Waals surface area contributed by atoms with E-state index in [0.29, 0.717) is 0 Å². The Morgan fingerprint density at radius 2 is 2.20 bits per heavy atom. The van der Waals surface area contributed by atoms with Crippen molar-refractivity contribution in [1.29, 1.82) is 0 Å². The lowest BCUT2D eigenvalue weighted by Gasteiger charge is -2.13. The van der Waals surface area contributed by atoms with Gasteiger partial charge in [-0.25, -0.2) is 4.98 Å². The van der Waals surface area contributed by atoms with Crippen molar-refractivity contribution in [2.24, 2.45) is 0 Å². The van der Waals surface area contributed by atoms with Gasteiger partial charge in [0.1, 0.15) is 5.03 Å². The van der Waals surface area contributed by atoms with Crippen molar-refractivity contribution in [3.8, 4) is 0 Å². The van der Waals surface area contributed by atoms with Gasteiger partial charge in [0.2, 0.25) is 0 Å². The van der Waals surface area contributed by atoms with Crippen molar-refractivity contribution < 1.29 is 18.3 Å². The van der Waals surface area contributed by atoms with Crippen LogP contribution in [-0.4, -0.2) is 21.9 Å². The van der Waals surface area contributed by atoms with Gasteiger partial charge < -0.3 is 5.11 Å². The number of aliphatic hydroxyl groups excluding tert-OH is 1. The number of nitrogens with zero attached hydrogens (tertiary/aromatic N) is 1. The highest BCUT2D eigenvalue weighted by molar-refractivity contribution is 7.99. The molecular formula is C9H10F3NOS. The van der Waals surface area contributed by atoms with E-state index in [4.69, 9.17) is 5.11 Å². The molecule has 1 aromatic rings. The summed E-state index contributed by atoms with van der Waals surface area (Å²) in [5, 5.41) is 8.36. The molecule has 0 spiro atoms. The molecule has 0 saturated heterocycles. The first-order valence-corrected chi connectivity index (χ1v) is 5.13. The van der Waals surface area contributed by atoms with Crippen molar-refractivity contribution in [3.63, 3.8) is 0 Å². The van der Waals surface area contributed by atoms with Crippen LogP contribution in [0, 0.1) is 0 Å². The third-order valence-corrected chi connectivity index (χ3v) is 2.75. The third kappa shape index (κ3) is 3.39. The summed E-state index contributed by atoms with van der Waals surface area (Å²) in [6, 6.07) is 2.23. The Hall–Kier alpha value is -0.750. The predicted molar refractivity (Wildman–Crippen MR) is 51.6 cm³/mol. The van der Waals surface area contributed by atoms with Crippen molar-refractivity contribution in [2.45, 2.75) is 23.4 Å². The summed E-state index contributed by atoms with van der Waals surface area (Å²) >= 11 is 0.916. The monoisotopic (exact) mass is 237 g/mol. The van der Waals surface area contributed by atoms with E-state index in [1.165, 1.54) is 12.3 Å². The standard InChI is InChI=1S/C9H10F3NOS/c1-6(5-14)15-8-7(9(10,11)12)3-2-4-13-8/h2-4,6,14H,5H2,1H3. The average molecular weight is 237 g/mol. The largest absolute Gasteiger partial charge is 0.419 e. The van der Waals surface area contributed by atoms with Gasteiger partial charge >= 0.3 is 6.18 Å². The lowest BCUT2D eigenvalue weighted by Crippen LogP contribution is -2.10. The molecule has 0 radical (unpaired) electrons. The first-order chi connectivity index (χ1) is 6.95. The second kappa shape index (κ2) is 4.85. The van der Waals surface area contributed by atoms with Crippen LogP contribution in [0.15, 0.2) is 23.4 Å². The summed E-state index contributed by atoms with van der Waals surface area (Å²) in [5.74, 6) is 0. The normalized spacial score (nSPS) is 13.9. The lowest BCUT2D eigenvalue weighted by molar-refractivity contribution is -0.140. The molecule has 0 bridgehead atoms. The lowest BCUT2D eigenvalue weighted by atomic mass is 10.3. The van der Waals surface area contributed by atoms with Gasteiger partial charge in [-0.05, 0) is 12.1 Å². The van der Waals surface area contributed by atoms with Gasteiger partial charge in [0, 0.05) is 11.4 Å². The second-order valence-corrected chi connectivity index (χ2v) is 4.39. The number of hydrogen-bond donors (Lipinski definition) is 1. The zero-order valence-corrected chi connectivity index (χ0v) is 8.77. The molecule has 15 heavy (non-hydrogen) atoms. The van der Waals surface area contributed by atoms with Gasteiger partial charge in [-0.2, -0.15) is 13.2 Å². The molecule has 6 heteroatoms. The van der Waals surface area contributed by atoms with E-state index >= 15 is 0 Å². The van der Waals surface area contributed by atoms with Gasteiger partial charge in [0.05, 0.1) is 12.2 Å². The Balaban J connectivity index is 2.97. The van der Waals surface area contributed by atoms with Crippen LogP contribution in [0.2, 0.25) is 0 Å². The molecule has 84 valence electrons. The van der Waals surface area contributed by atoms with Crippen LogP contribution in [0.1, 0.15) is 12.5 Å².